The number of nitro groups is 1. The van der Waals surface area contributed by atoms with E-state index >= 15 is 17.6 Å². The molecule has 0 N–H and O–H groups in total. The first-order valence-corrected chi connectivity index (χ1v) is 16.5. The monoisotopic (exact) mass is 728 g/mol. The summed E-state index contributed by atoms with van der Waals surface area (Å²) in [5.74, 6) is -2.15. The van der Waals surface area contributed by atoms with Gasteiger partial charge in [0.1, 0.15) is 16.8 Å². The number of hydrogen-bond donors (Lipinski definition) is 0. The number of aryl methyl sites for hydroxylation is 1. The molecule has 5 heterocycles. The molecule has 6 rings (SSSR count). The number of para-hydroxylation sites is 1. The van der Waals surface area contributed by atoms with Crippen molar-refractivity contribution in [2.45, 2.75) is 71.7 Å². The fraction of sp³-hybridized carbons (Fsp3) is 0.429. The van der Waals surface area contributed by atoms with Crippen LogP contribution in [0.5, 0.6) is 5.75 Å². The average Bonchev–Trinajstić information content (AvgIpc) is 3.24. The number of pyridine rings is 3. The van der Waals surface area contributed by atoms with E-state index in [4.69, 9.17) is 9.47 Å². The SMILES string of the molecule is Cc1ccnc(C(C)C)c1-n1c(=O)c2c(c3cc(C(F)(F)F)n(-c4c(F)cccc4[N+](=O)[O-])c(=O)c31)N1CCN(C(=O)OC(C)(C)C)C[C@@H]1CCO2. The molecule has 13 nitrogen and oxygen atoms in total. The second-order valence-corrected chi connectivity index (χ2v) is 14.0. The lowest BCUT2D eigenvalue weighted by Crippen LogP contribution is -2.55. The number of fused-ring (bicyclic) bond motifs is 5. The van der Waals surface area contributed by atoms with Gasteiger partial charge in [0.15, 0.2) is 11.5 Å². The van der Waals surface area contributed by atoms with Gasteiger partial charge in [-0.05, 0) is 57.4 Å². The van der Waals surface area contributed by atoms with Gasteiger partial charge in [-0.15, -0.1) is 0 Å². The highest BCUT2D eigenvalue weighted by atomic mass is 19.4. The third kappa shape index (κ3) is 6.21. The summed E-state index contributed by atoms with van der Waals surface area (Å²) in [4.78, 5) is 61.1. The molecule has 1 atom stereocenters. The highest BCUT2D eigenvalue weighted by Crippen LogP contribution is 2.43. The summed E-state index contributed by atoms with van der Waals surface area (Å²) in [7, 11) is 0. The van der Waals surface area contributed by atoms with Crippen LogP contribution < -0.4 is 20.8 Å². The zero-order valence-corrected chi connectivity index (χ0v) is 29.2. The number of carbonyl (C=O) groups is 1. The minimum Gasteiger partial charge on any atom is -0.486 e. The number of aromatic nitrogens is 3. The molecule has 0 spiro atoms. The number of rotatable bonds is 4. The lowest BCUT2D eigenvalue weighted by Gasteiger charge is -2.42. The van der Waals surface area contributed by atoms with Gasteiger partial charge in [-0.3, -0.25) is 33.8 Å². The summed E-state index contributed by atoms with van der Waals surface area (Å²) >= 11 is 0. The fourth-order valence-electron chi connectivity index (χ4n) is 6.83. The average molecular weight is 729 g/mol. The summed E-state index contributed by atoms with van der Waals surface area (Å²) in [6.45, 7) is 10.4. The van der Waals surface area contributed by atoms with Crippen molar-refractivity contribution in [1.82, 2.24) is 19.0 Å². The van der Waals surface area contributed by atoms with E-state index in [1.807, 2.05) is 0 Å². The van der Waals surface area contributed by atoms with Crippen molar-refractivity contribution in [3.63, 3.8) is 0 Å². The van der Waals surface area contributed by atoms with Gasteiger partial charge in [-0.1, -0.05) is 19.9 Å². The van der Waals surface area contributed by atoms with E-state index in [9.17, 15) is 24.5 Å². The molecule has 2 aliphatic rings. The van der Waals surface area contributed by atoms with Gasteiger partial charge in [-0.2, -0.15) is 13.2 Å². The molecular formula is C35H36F4N6O7. The van der Waals surface area contributed by atoms with E-state index in [1.165, 1.54) is 11.1 Å². The van der Waals surface area contributed by atoms with Crippen molar-refractivity contribution < 1.29 is 36.8 Å². The Morgan fingerprint density at radius 1 is 1.06 bits per heavy atom. The molecule has 0 aliphatic carbocycles. The van der Waals surface area contributed by atoms with Gasteiger partial charge in [0.25, 0.3) is 16.8 Å². The van der Waals surface area contributed by atoms with E-state index in [2.05, 4.69) is 4.98 Å². The van der Waals surface area contributed by atoms with Gasteiger partial charge < -0.3 is 19.3 Å². The predicted molar refractivity (Wildman–Crippen MR) is 182 cm³/mol. The van der Waals surface area contributed by atoms with Gasteiger partial charge in [0, 0.05) is 43.7 Å². The van der Waals surface area contributed by atoms with E-state index < -0.39 is 68.4 Å². The van der Waals surface area contributed by atoms with Crippen LogP contribution in [-0.2, 0) is 10.9 Å². The number of amides is 1. The smallest absolute Gasteiger partial charge is 0.431 e. The van der Waals surface area contributed by atoms with Gasteiger partial charge in [0.2, 0.25) is 5.75 Å². The van der Waals surface area contributed by atoms with Crippen LogP contribution in [0.1, 0.15) is 63.9 Å². The largest absolute Gasteiger partial charge is 0.486 e. The summed E-state index contributed by atoms with van der Waals surface area (Å²) in [6.07, 6.45) is -4.23. The Kier molecular flexibility index (Phi) is 9.03. The summed E-state index contributed by atoms with van der Waals surface area (Å²) in [5, 5.41) is 11.7. The zero-order chi connectivity index (χ0) is 38.0. The molecule has 1 amide bonds. The number of benzene rings is 1. The lowest BCUT2D eigenvalue weighted by atomic mass is 10.0. The molecule has 276 valence electrons. The lowest BCUT2D eigenvalue weighted by molar-refractivity contribution is -0.384. The maximum absolute atomic E-state index is 15.6. The minimum absolute atomic E-state index is 0.0191. The Labute approximate surface area is 294 Å². The van der Waals surface area contributed by atoms with Crippen molar-refractivity contribution in [3.05, 3.63) is 90.1 Å². The van der Waals surface area contributed by atoms with Crippen LogP contribution in [0, 0.1) is 22.9 Å². The number of halogens is 4. The molecule has 0 bridgehead atoms. The Bertz CT molecular complexity index is 2240. The van der Waals surface area contributed by atoms with Crippen molar-refractivity contribution in [3.8, 4) is 17.1 Å². The topological polar surface area (TPSA) is 142 Å². The highest BCUT2D eigenvalue weighted by Gasteiger charge is 2.42. The van der Waals surface area contributed by atoms with Crippen LogP contribution in [-0.4, -0.2) is 67.9 Å². The first-order chi connectivity index (χ1) is 24.3. The second kappa shape index (κ2) is 12.9. The number of hydrogen-bond acceptors (Lipinski definition) is 9. The first kappa shape index (κ1) is 36.3. The molecule has 0 radical (unpaired) electrons. The molecule has 1 fully saturated rings. The predicted octanol–water partition coefficient (Wildman–Crippen LogP) is 6.24. The Morgan fingerprint density at radius 3 is 2.40 bits per heavy atom. The summed E-state index contributed by atoms with van der Waals surface area (Å²) < 4.78 is 73.4. The van der Waals surface area contributed by atoms with Crippen LogP contribution in [0.25, 0.3) is 22.3 Å². The molecule has 1 saturated heterocycles. The van der Waals surface area contributed by atoms with E-state index in [0.29, 0.717) is 23.4 Å². The molecule has 2 aliphatic heterocycles. The number of nitrogens with zero attached hydrogens (tertiary/aromatic N) is 6. The number of piperazine rings is 1. The Morgan fingerprint density at radius 2 is 1.77 bits per heavy atom. The van der Waals surface area contributed by atoms with E-state index in [0.717, 1.165) is 16.7 Å². The molecule has 52 heavy (non-hydrogen) atoms. The summed E-state index contributed by atoms with van der Waals surface area (Å²) in [5.41, 5.74) is -7.16. The third-order valence-electron chi connectivity index (χ3n) is 8.99. The van der Waals surface area contributed by atoms with Crippen molar-refractivity contribution >= 4 is 28.4 Å². The molecule has 1 aromatic carbocycles. The molecular weight excluding hydrogens is 692 g/mol. The maximum atomic E-state index is 15.6. The fourth-order valence-corrected chi connectivity index (χ4v) is 6.83. The van der Waals surface area contributed by atoms with Gasteiger partial charge >= 0.3 is 12.3 Å². The number of anilines is 1. The van der Waals surface area contributed by atoms with Crippen LogP contribution in [0.3, 0.4) is 0 Å². The molecule has 0 unspecified atom stereocenters. The van der Waals surface area contributed by atoms with Gasteiger partial charge in [-0.25, -0.2) is 9.18 Å². The van der Waals surface area contributed by atoms with Crippen LogP contribution in [0.15, 0.2) is 46.1 Å². The zero-order valence-electron chi connectivity index (χ0n) is 29.2. The molecule has 4 aromatic rings. The number of carbonyl (C=O) groups excluding carboxylic acids is 1. The van der Waals surface area contributed by atoms with Crippen molar-refractivity contribution in [1.29, 1.82) is 0 Å². The maximum Gasteiger partial charge on any atom is 0.431 e. The molecule has 0 saturated carbocycles. The van der Waals surface area contributed by atoms with E-state index in [-0.39, 0.29) is 65.7 Å². The van der Waals surface area contributed by atoms with Crippen LogP contribution in [0.2, 0.25) is 0 Å². The number of ether oxygens (including phenoxy) is 2. The Hall–Kier alpha value is -5.48. The van der Waals surface area contributed by atoms with Gasteiger partial charge in [0.05, 0.1) is 34.6 Å². The van der Waals surface area contributed by atoms with Crippen LogP contribution >= 0.6 is 0 Å². The normalized spacial score (nSPS) is 16.3. The number of alkyl halides is 3. The quantitative estimate of drug-likeness (QED) is 0.136. The highest BCUT2D eigenvalue weighted by molar-refractivity contribution is 5.97. The Balaban J connectivity index is 1.76. The first-order valence-electron chi connectivity index (χ1n) is 16.5. The van der Waals surface area contributed by atoms with E-state index in [1.54, 1.807) is 52.5 Å². The van der Waals surface area contributed by atoms with Crippen molar-refractivity contribution in [2.24, 2.45) is 0 Å². The second-order valence-electron chi connectivity index (χ2n) is 14.0. The molecule has 17 heteroatoms. The minimum atomic E-state index is -5.36. The van der Waals surface area contributed by atoms with Crippen molar-refractivity contribution in [2.75, 3.05) is 31.1 Å². The summed E-state index contributed by atoms with van der Waals surface area (Å²) in [6, 6.07) is 3.99. The van der Waals surface area contributed by atoms with Crippen LogP contribution in [0.4, 0.5) is 33.7 Å². The molecule has 3 aromatic heterocycles. The number of nitro benzene ring substituents is 1. The third-order valence-corrected chi connectivity index (χ3v) is 8.99. The standard InChI is InChI=1S/C35H36F4N6O7/c1-18(2)25-26(19(3)10-12-40-25)44-28-21(16-24(35(37,38)39)43(31(28)46)29-22(36)8-7-9-23(29)45(49)50)27-30(32(44)47)51-15-11-20-17-41(13-14-42(20)27)33(48)52-34(4,5)6/h7-10,12,16,18,20H,11,13-15,17H2,1-6H3/t20-/m0/s1.